The predicted molar refractivity (Wildman–Crippen MR) is 84.5 cm³/mol. The normalized spacial score (nSPS) is 23.9. The summed E-state index contributed by atoms with van der Waals surface area (Å²) in [6.45, 7) is 8.12. The van der Waals surface area contributed by atoms with Gasteiger partial charge in [0.2, 0.25) is 0 Å². The van der Waals surface area contributed by atoms with Crippen LogP contribution in [-0.4, -0.2) is 39.4 Å². The van der Waals surface area contributed by atoms with Crippen molar-refractivity contribution >= 4 is 17.1 Å². The molecule has 2 aliphatic heterocycles. The minimum absolute atomic E-state index is 0.766. The van der Waals surface area contributed by atoms with Crippen LogP contribution in [0.2, 0.25) is 0 Å². The van der Waals surface area contributed by atoms with Gasteiger partial charge in [0.25, 0.3) is 0 Å². The molecule has 2 aliphatic rings. The zero-order valence-electron chi connectivity index (χ0n) is 12.3. The van der Waals surface area contributed by atoms with E-state index in [1.807, 2.05) is 0 Å². The summed E-state index contributed by atoms with van der Waals surface area (Å²) in [5.74, 6) is 0.766. The van der Waals surface area contributed by atoms with E-state index < -0.39 is 0 Å². The van der Waals surface area contributed by atoms with Crippen molar-refractivity contribution in [3.63, 3.8) is 0 Å². The Hall–Kier alpha value is -1.42. The first kappa shape index (κ1) is 13.6. The molecule has 0 saturated carbocycles. The van der Waals surface area contributed by atoms with Crippen molar-refractivity contribution in [3.8, 4) is 0 Å². The average molecular weight is 275 g/mol. The number of nitrogens with zero attached hydrogens (tertiary/aromatic N) is 2. The minimum Gasteiger partial charge on any atom is -0.397 e. The summed E-state index contributed by atoms with van der Waals surface area (Å²) in [5, 5.41) is 0. The molecule has 2 N–H and O–H groups in total. The highest BCUT2D eigenvalue weighted by atomic mass is 16.5. The molecule has 110 valence electrons. The van der Waals surface area contributed by atoms with Crippen LogP contribution in [0.15, 0.2) is 18.2 Å². The third-order valence-corrected chi connectivity index (χ3v) is 4.39. The van der Waals surface area contributed by atoms with Crippen LogP contribution in [0.3, 0.4) is 0 Å². The Bertz CT molecular complexity index is 457. The summed E-state index contributed by atoms with van der Waals surface area (Å²) < 4.78 is 5.40. The highest BCUT2D eigenvalue weighted by molar-refractivity contribution is 5.73. The molecule has 2 heterocycles. The van der Waals surface area contributed by atoms with Gasteiger partial charge < -0.3 is 20.3 Å². The highest BCUT2D eigenvalue weighted by Gasteiger charge is 2.19. The zero-order chi connectivity index (χ0) is 13.9. The van der Waals surface area contributed by atoms with E-state index in [0.717, 1.165) is 51.0 Å². The number of hydrogen-bond acceptors (Lipinski definition) is 4. The molecule has 2 fully saturated rings. The fourth-order valence-electron chi connectivity index (χ4n) is 3.26. The average Bonchev–Trinajstić information content (AvgIpc) is 2.48. The van der Waals surface area contributed by atoms with Gasteiger partial charge in [0.15, 0.2) is 0 Å². The van der Waals surface area contributed by atoms with Crippen molar-refractivity contribution in [2.24, 2.45) is 5.92 Å². The topological polar surface area (TPSA) is 41.7 Å². The Morgan fingerprint density at radius 1 is 1.15 bits per heavy atom. The lowest BCUT2D eigenvalue weighted by atomic mass is 9.99. The lowest BCUT2D eigenvalue weighted by Gasteiger charge is -2.34. The van der Waals surface area contributed by atoms with Crippen molar-refractivity contribution in [1.29, 1.82) is 0 Å². The summed E-state index contributed by atoms with van der Waals surface area (Å²) in [4.78, 5) is 4.79. The van der Waals surface area contributed by atoms with Crippen molar-refractivity contribution in [3.05, 3.63) is 18.2 Å². The Labute approximate surface area is 121 Å². The van der Waals surface area contributed by atoms with Crippen LogP contribution in [0.5, 0.6) is 0 Å². The molecular formula is C16H25N3O. The van der Waals surface area contributed by atoms with Crippen LogP contribution >= 0.6 is 0 Å². The molecule has 4 heteroatoms. The number of anilines is 3. The second kappa shape index (κ2) is 5.92. The van der Waals surface area contributed by atoms with Crippen LogP contribution in [0.1, 0.15) is 19.8 Å². The standard InChI is InChI=1S/C16H25N3O/c1-13-3-2-6-19(12-13)16-5-4-14(11-15(16)17)18-7-9-20-10-8-18/h4-5,11,13H,2-3,6-10,12,17H2,1H3. The van der Waals surface area contributed by atoms with Crippen LogP contribution < -0.4 is 15.5 Å². The molecular weight excluding hydrogens is 250 g/mol. The van der Waals surface area contributed by atoms with Gasteiger partial charge in [-0.05, 0) is 37.0 Å². The largest absolute Gasteiger partial charge is 0.397 e. The summed E-state index contributed by atoms with van der Waals surface area (Å²) in [6, 6.07) is 6.52. The number of ether oxygens (including phenoxy) is 1. The third kappa shape index (κ3) is 2.85. The quantitative estimate of drug-likeness (QED) is 0.841. The van der Waals surface area contributed by atoms with Gasteiger partial charge >= 0.3 is 0 Å². The van der Waals surface area contributed by atoms with Gasteiger partial charge in [-0.1, -0.05) is 6.92 Å². The van der Waals surface area contributed by atoms with Gasteiger partial charge in [0.05, 0.1) is 24.6 Å². The molecule has 2 saturated heterocycles. The van der Waals surface area contributed by atoms with Crippen molar-refractivity contribution in [2.75, 3.05) is 54.9 Å². The summed E-state index contributed by atoms with van der Waals surface area (Å²) >= 11 is 0. The number of piperidine rings is 1. The van der Waals surface area contributed by atoms with E-state index in [9.17, 15) is 0 Å². The molecule has 1 aromatic carbocycles. The van der Waals surface area contributed by atoms with E-state index in [4.69, 9.17) is 10.5 Å². The Morgan fingerprint density at radius 3 is 2.65 bits per heavy atom. The molecule has 3 rings (SSSR count). The Morgan fingerprint density at radius 2 is 1.95 bits per heavy atom. The van der Waals surface area contributed by atoms with Gasteiger partial charge in [-0.3, -0.25) is 0 Å². The number of rotatable bonds is 2. The minimum atomic E-state index is 0.766. The maximum atomic E-state index is 6.30. The van der Waals surface area contributed by atoms with Crippen LogP contribution in [-0.2, 0) is 4.74 Å². The molecule has 1 unspecified atom stereocenters. The number of morpholine rings is 1. The lowest BCUT2D eigenvalue weighted by Crippen LogP contribution is -2.36. The second-order valence-corrected chi connectivity index (χ2v) is 6.04. The van der Waals surface area contributed by atoms with Gasteiger partial charge in [-0.2, -0.15) is 0 Å². The molecule has 0 spiro atoms. The number of nitrogens with two attached hydrogens (primary N) is 1. The number of benzene rings is 1. The fraction of sp³-hybridized carbons (Fsp3) is 0.625. The van der Waals surface area contributed by atoms with Gasteiger partial charge in [-0.15, -0.1) is 0 Å². The third-order valence-electron chi connectivity index (χ3n) is 4.39. The van der Waals surface area contributed by atoms with Crippen LogP contribution in [0.4, 0.5) is 17.1 Å². The first-order valence-electron chi connectivity index (χ1n) is 7.71. The van der Waals surface area contributed by atoms with E-state index in [1.54, 1.807) is 0 Å². The van der Waals surface area contributed by atoms with Gasteiger partial charge in [-0.25, -0.2) is 0 Å². The molecule has 1 atom stereocenters. The van der Waals surface area contributed by atoms with Crippen LogP contribution in [0.25, 0.3) is 0 Å². The maximum Gasteiger partial charge on any atom is 0.0642 e. The molecule has 0 bridgehead atoms. The lowest BCUT2D eigenvalue weighted by molar-refractivity contribution is 0.122. The maximum absolute atomic E-state index is 6.30. The van der Waals surface area contributed by atoms with Crippen LogP contribution in [0, 0.1) is 5.92 Å². The molecule has 0 amide bonds. The molecule has 0 aliphatic carbocycles. The van der Waals surface area contributed by atoms with Gasteiger partial charge in [0, 0.05) is 31.9 Å². The highest BCUT2D eigenvalue weighted by Crippen LogP contribution is 2.31. The zero-order valence-corrected chi connectivity index (χ0v) is 12.3. The van der Waals surface area contributed by atoms with E-state index in [-0.39, 0.29) is 0 Å². The molecule has 20 heavy (non-hydrogen) atoms. The van der Waals surface area contributed by atoms with Gasteiger partial charge in [0.1, 0.15) is 0 Å². The summed E-state index contributed by atoms with van der Waals surface area (Å²) in [7, 11) is 0. The first-order chi connectivity index (χ1) is 9.74. The molecule has 0 radical (unpaired) electrons. The smallest absolute Gasteiger partial charge is 0.0642 e. The second-order valence-electron chi connectivity index (χ2n) is 6.04. The molecule has 0 aromatic heterocycles. The molecule has 4 nitrogen and oxygen atoms in total. The van der Waals surface area contributed by atoms with Crippen molar-refractivity contribution in [2.45, 2.75) is 19.8 Å². The molecule has 1 aromatic rings. The predicted octanol–water partition coefficient (Wildman–Crippen LogP) is 2.34. The Kier molecular flexibility index (Phi) is 4.01. The van der Waals surface area contributed by atoms with E-state index in [1.165, 1.54) is 24.2 Å². The number of hydrogen-bond donors (Lipinski definition) is 1. The Balaban J connectivity index is 1.76. The van der Waals surface area contributed by atoms with Crippen molar-refractivity contribution < 1.29 is 4.74 Å². The number of nitrogen functional groups attached to an aromatic ring is 1. The van der Waals surface area contributed by atoms with E-state index >= 15 is 0 Å². The SMILES string of the molecule is CC1CCCN(c2ccc(N3CCOCC3)cc2N)C1. The van der Waals surface area contributed by atoms with Crippen molar-refractivity contribution in [1.82, 2.24) is 0 Å². The summed E-state index contributed by atoms with van der Waals surface area (Å²) in [6.07, 6.45) is 2.61. The summed E-state index contributed by atoms with van der Waals surface area (Å²) in [5.41, 5.74) is 9.63. The monoisotopic (exact) mass is 275 g/mol. The fourth-order valence-corrected chi connectivity index (χ4v) is 3.26. The van der Waals surface area contributed by atoms with E-state index in [0.29, 0.717) is 0 Å². The first-order valence-corrected chi connectivity index (χ1v) is 7.71. The van der Waals surface area contributed by atoms with E-state index in [2.05, 4.69) is 34.9 Å².